The van der Waals surface area contributed by atoms with Crippen LogP contribution >= 0.6 is 0 Å². The Morgan fingerprint density at radius 3 is 1.73 bits per heavy atom. The predicted octanol–water partition coefficient (Wildman–Crippen LogP) is 9.34. The monoisotopic (exact) mass is 858 g/mol. The molecule has 2 aliphatic rings. The van der Waals surface area contributed by atoms with Crippen molar-refractivity contribution in [3.05, 3.63) is 186 Å². The first-order valence-electron chi connectivity index (χ1n) is 22.1. The second-order valence-corrected chi connectivity index (χ2v) is 22.8. The molecule has 4 atom stereocenters. The van der Waals surface area contributed by atoms with E-state index in [1.54, 1.807) is 0 Å². The summed E-state index contributed by atoms with van der Waals surface area (Å²) in [6.07, 6.45) is 2.84. The minimum atomic E-state index is -2.72. The van der Waals surface area contributed by atoms with Crippen molar-refractivity contribution < 1.29 is 23.4 Å². The average Bonchev–Trinajstić information content (AvgIpc) is 3.88. The number of aryl methyl sites for hydroxylation is 1. The lowest BCUT2D eigenvalue weighted by Gasteiger charge is -2.43. The molecule has 10 heteroatoms. The highest BCUT2D eigenvalue weighted by Crippen LogP contribution is 2.55. The van der Waals surface area contributed by atoms with Crippen LogP contribution in [-0.4, -0.2) is 59.7 Å². The van der Waals surface area contributed by atoms with E-state index in [2.05, 4.69) is 177 Å². The number of ether oxygens (including phenoxy) is 4. The Labute approximate surface area is 372 Å². The third-order valence-corrected chi connectivity index (χ3v) is 17.9. The summed E-state index contributed by atoms with van der Waals surface area (Å²) in [4.78, 5) is 9.31. The highest BCUT2D eigenvalue weighted by atomic mass is 28.4. The van der Waals surface area contributed by atoms with Gasteiger partial charge in [-0.2, -0.15) is 0 Å². The molecule has 5 aromatic carbocycles. The molecule has 2 aliphatic heterocycles. The van der Waals surface area contributed by atoms with E-state index < -0.39 is 43.6 Å². The van der Waals surface area contributed by atoms with Crippen LogP contribution in [0.15, 0.2) is 164 Å². The Balaban J connectivity index is 1.04. The Kier molecular flexibility index (Phi) is 11.5. The lowest BCUT2D eigenvalue weighted by Crippen LogP contribution is -2.66. The van der Waals surface area contributed by atoms with Crippen molar-refractivity contribution in [2.75, 3.05) is 18.9 Å². The quantitative estimate of drug-likeness (QED) is 0.0656. The number of rotatable bonds is 14. The van der Waals surface area contributed by atoms with Gasteiger partial charge in [-0.25, -0.2) is 9.97 Å². The first kappa shape index (κ1) is 42.8. The normalized spacial score (nSPS) is 21.1. The van der Waals surface area contributed by atoms with Gasteiger partial charge in [0.15, 0.2) is 11.6 Å². The summed E-state index contributed by atoms with van der Waals surface area (Å²) < 4.78 is 37.6. The van der Waals surface area contributed by atoms with Gasteiger partial charge in [-0.1, -0.05) is 172 Å². The Hall–Kier alpha value is -5.46. The van der Waals surface area contributed by atoms with Gasteiger partial charge in [0.05, 0.1) is 12.1 Å². The number of aromatic nitrogens is 3. The third-order valence-electron chi connectivity index (χ3n) is 12.9. The summed E-state index contributed by atoms with van der Waals surface area (Å²) >= 11 is 0. The van der Waals surface area contributed by atoms with Crippen LogP contribution in [0.4, 0.5) is 5.82 Å². The van der Waals surface area contributed by atoms with Gasteiger partial charge >= 0.3 is 0 Å². The maximum atomic E-state index is 7.35. The van der Waals surface area contributed by atoms with Crippen molar-refractivity contribution in [2.45, 2.75) is 94.8 Å². The molecule has 0 bridgehead atoms. The van der Waals surface area contributed by atoms with Crippen LogP contribution in [-0.2, 0) is 35.5 Å². The van der Waals surface area contributed by atoms with E-state index in [1.165, 1.54) is 16.7 Å². The minimum absolute atomic E-state index is 0.132. The molecule has 2 saturated heterocycles. The van der Waals surface area contributed by atoms with Gasteiger partial charge in [0.1, 0.15) is 41.4 Å². The van der Waals surface area contributed by atoms with Gasteiger partial charge in [0.25, 0.3) is 8.32 Å². The minimum Gasteiger partial charge on any atom is -0.407 e. The Morgan fingerprint density at radius 2 is 1.22 bits per heavy atom. The largest absolute Gasteiger partial charge is 0.407 e. The first-order chi connectivity index (χ1) is 30.4. The van der Waals surface area contributed by atoms with Crippen LogP contribution < -0.4 is 16.1 Å². The molecule has 0 radical (unpaired) electrons. The number of hydrogen-bond acceptors (Lipinski definition) is 8. The van der Waals surface area contributed by atoms with Crippen molar-refractivity contribution in [1.82, 2.24) is 14.5 Å². The van der Waals surface area contributed by atoms with E-state index in [0.29, 0.717) is 19.0 Å². The van der Waals surface area contributed by atoms with Crippen molar-refractivity contribution in [3.8, 4) is 0 Å². The molecule has 63 heavy (non-hydrogen) atoms. The topological polar surface area (TPSA) is 103 Å². The second-order valence-electron chi connectivity index (χ2n) is 18.5. The van der Waals surface area contributed by atoms with E-state index in [0.717, 1.165) is 39.7 Å². The average molecular weight is 859 g/mol. The number of hydrogen-bond donors (Lipinski definition) is 1. The highest BCUT2D eigenvalue weighted by Gasteiger charge is 2.64. The zero-order valence-corrected chi connectivity index (χ0v) is 38.1. The number of benzene rings is 5. The van der Waals surface area contributed by atoms with E-state index in [1.807, 2.05) is 32.0 Å². The fraction of sp³-hybridized carbons (Fsp3) is 0.321. The van der Waals surface area contributed by atoms with Crippen molar-refractivity contribution >= 4 is 35.5 Å². The van der Waals surface area contributed by atoms with Gasteiger partial charge in [-0.3, -0.25) is 0 Å². The molecule has 2 N–H and O–H groups in total. The zero-order chi connectivity index (χ0) is 43.9. The van der Waals surface area contributed by atoms with Crippen LogP contribution in [0.2, 0.25) is 5.04 Å². The standard InChI is InChI=1S/C53H58N4O5Si/c1-50(2,3)63(41-29-18-10-19-30-41,42-31-20-11-21-32-42)59-34-22-33-57-35-43(45-46(57)49(54)56-37-55-45)47-52(6)48(61-51(4,5)62-52)44(60-47)36-58-53(38-23-12-7-13-24-38,39-25-14-8-15-26-39)40-27-16-9-17-28-40/h7-21,23-32,35,37,44,47-48H,22,33-34,36H2,1-6H3,(H2,54,55,56)/t44-,47+,48-,52+/m1/s1. The van der Waals surface area contributed by atoms with Gasteiger partial charge < -0.3 is 33.7 Å². The van der Waals surface area contributed by atoms with E-state index in [9.17, 15) is 0 Å². The number of nitrogen functional groups attached to an aromatic ring is 1. The molecule has 9 nitrogen and oxygen atoms in total. The number of anilines is 1. The Bertz CT molecular complexity index is 2490. The molecule has 7 aromatic rings. The smallest absolute Gasteiger partial charge is 0.261 e. The lowest BCUT2D eigenvalue weighted by molar-refractivity contribution is -0.210. The molecule has 2 aromatic heterocycles. The second kappa shape index (κ2) is 16.9. The first-order valence-corrected chi connectivity index (χ1v) is 24.0. The number of fused-ring (bicyclic) bond motifs is 2. The molecule has 0 aliphatic carbocycles. The Morgan fingerprint density at radius 1 is 0.714 bits per heavy atom. The maximum absolute atomic E-state index is 7.35. The summed E-state index contributed by atoms with van der Waals surface area (Å²) in [5.41, 5.74) is 10.3. The number of nitrogens with zero attached hydrogens (tertiary/aromatic N) is 3. The molecular formula is C53H58N4O5Si. The van der Waals surface area contributed by atoms with Crippen LogP contribution in [0, 0.1) is 0 Å². The van der Waals surface area contributed by atoms with Gasteiger partial charge in [0, 0.05) is 24.9 Å². The van der Waals surface area contributed by atoms with Gasteiger partial charge in [-0.05, 0) is 59.3 Å². The molecule has 324 valence electrons. The predicted molar refractivity (Wildman–Crippen MR) is 251 cm³/mol. The fourth-order valence-electron chi connectivity index (χ4n) is 10.3. The van der Waals surface area contributed by atoms with Gasteiger partial charge in [-0.15, -0.1) is 0 Å². The van der Waals surface area contributed by atoms with Crippen LogP contribution in [0.25, 0.3) is 11.0 Å². The number of nitrogens with two attached hydrogens (primary N) is 1. The van der Waals surface area contributed by atoms with E-state index >= 15 is 0 Å². The molecule has 0 spiro atoms. The molecular weight excluding hydrogens is 801 g/mol. The summed E-state index contributed by atoms with van der Waals surface area (Å²) in [5, 5.41) is 2.38. The molecule has 0 unspecified atom stereocenters. The summed E-state index contributed by atoms with van der Waals surface area (Å²) in [6, 6.07) is 52.7. The van der Waals surface area contributed by atoms with E-state index in [-0.39, 0.29) is 11.6 Å². The fourth-order valence-corrected chi connectivity index (χ4v) is 14.9. The summed E-state index contributed by atoms with van der Waals surface area (Å²) in [7, 11) is -2.72. The molecule has 2 fully saturated rings. The summed E-state index contributed by atoms with van der Waals surface area (Å²) in [6.45, 7) is 14.3. The molecule has 9 rings (SSSR count). The van der Waals surface area contributed by atoms with Crippen LogP contribution in [0.5, 0.6) is 0 Å². The van der Waals surface area contributed by atoms with Gasteiger partial charge in [0.2, 0.25) is 0 Å². The van der Waals surface area contributed by atoms with Crippen molar-refractivity contribution in [1.29, 1.82) is 0 Å². The van der Waals surface area contributed by atoms with E-state index in [4.69, 9.17) is 34.1 Å². The lowest BCUT2D eigenvalue weighted by atomic mass is 9.80. The zero-order valence-electron chi connectivity index (χ0n) is 37.1. The van der Waals surface area contributed by atoms with Crippen LogP contribution in [0.3, 0.4) is 0 Å². The maximum Gasteiger partial charge on any atom is 0.261 e. The molecule has 4 heterocycles. The van der Waals surface area contributed by atoms with Crippen molar-refractivity contribution in [2.24, 2.45) is 0 Å². The van der Waals surface area contributed by atoms with Crippen molar-refractivity contribution in [3.63, 3.8) is 0 Å². The molecule has 0 saturated carbocycles. The van der Waals surface area contributed by atoms with Crippen LogP contribution in [0.1, 0.15) is 76.3 Å². The summed E-state index contributed by atoms with van der Waals surface area (Å²) in [5.74, 6) is -0.472. The highest BCUT2D eigenvalue weighted by molar-refractivity contribution is 6.99. The SMILES string of the molecule is CC1(C)O[C@@H]2[C@@H](COC(c3ccccc3)(c3ccccc3)c3ccccc3)O[C@@H](c3cn(CCCO[Si](c4ccccc4)(c4ccccc4)C(C)(C)C)c4c(N)ncnc34)[C@]2(C)O1. The molecule has 0 amide bonds. The third kappa shape index (κ3) is 7.62.